The Morgan fingerprint density at radius 2 is 1.76 bits per heavy atom. The Labute approximate surface area is 212 Å². The maximum Gasteiger partial charge on any atom is 0.309 e. The number of ether oxygens (including phenoxy) is 1. The molecule has 1 N–H and O–H groups in total. The molecule has 2 heterocycles. The molecule has 0 unspecified atom stereocenters. The number of nitrogens with zero attached hydrogens (tertiary/aromatic N) is 2. The van der Waals surface area contributed by atoms with Crippen LogP contribution in [0.3, 0.4) is 0 Å². The summed E-state index contributed by atoms with van der Waals surface area (Å²) in [6.45, 7) is 3.28. The molecule has 0 atom stereocenters. The summed E-state index contributed by atoms with van der Waals surface area (Å²) in [4.78, 5) is 24.6. The quantitative estimate of drug-likeness (QED) is 0.275. The van der Waals surface area contributed by atoms with Crippen molar-refractivity contribution >= 4 is 17.6 Å². The lowest BCUT2D eigenvalue weighted by molar-refractivity contribution is -0.132. The fraction of sp³-hybridized carbons (Fsp3) is 0.0690. The van der Waals surface area contributed by atoms with Crippen LogP contribution >= 0.6 is 0 Å². The van der Waals surface area contributed by atoms with Gasteiger partial charge in [-0.1, -0.05) is 36.4 Å². The van der Waals surface area contributed by atoms with E-state index in [1.807, 2.05) is 31.2 Å². The molecule has 0 fully saturated rings. The monoisotopic (exact) mass is 495 g/mol. The Bertz CT molecular complexity index is 1590. The fourth-order valence-corrected chi connectivity index (χ4v) is 3.98. The van der Waals surface area contributed by atoms with Crippen LogP contribution in [0.5, 0.6) is 5.88 Å². The van der Waals surface area contributed by atoms with Crippen molar-refractivity contribution in [2.24, 2.45) is 0 Å². The van der Waals surface area contributed by atoms with Crippen LogP contribution in [-0.4, -0.2) is 21.7 Å². The molecule has 0 saturated carbocycles. The van der Waals surface area contributed by atoms with Gasteiger partial charge >= 0.3 is 5.97 Å². The van der Waals surface area contributed by atoms with Crippen LogP contribution in [0.1, 0.15) is 22.8 Å². The van der Waals surface area contributed by atoms with E-state index in [1.54, 1.807) is 47.1 Å². The van der Waals surface area contributed by atoms with Crippen molar-refractivity contribution in [2.75, 3.05) is 5.32 Å². The summed E-state index contributed by atoms with van der Waals surface area (Å²) in [6.07, 6.45) is 1.54. The Kier molecular flexibility index (Phi) is 6.38. The second-order valence-electron chi connectivity index (χ2n) is 8.36. The van der Waals surface area contributed by atoms with Gasteiger partial charge in [0.15, 0.2) is 5.76 Å². The minimum absolute atomic E-state index is 0.0525. The SMILES string of the molecule is CC(=O)Oc1c(-c2ccc(NC(=O)c3ccccc3F)cc2)c(-c2ccco2)nn1-c1cccc(C)c1. The smallest absolute Gasteiger partial charge is 0.309 e. The maximum atomic E-state index is 14.0. The number of esters is 1. The molecule has 0 aliphatic rings. The first-order valence-electron chi connectivity index (χ1n) is 11.5. The van der Waals surface area contributed by atoms with Crippen LogP contribution in [0.4, 0.5) is 10.1 Å². The van der Waals surface area contributed by atoms with Crippen LogP contribution in [0, 0.1) is 12.7 Å². The van der Waals surface area contributed by atoms with Crippen molar-refractivity contribution in [2.45, 2.75) is 13.8 Å². The molecule has 5 aromatic rings. The van der Waals surface area contributed by atoms with Crippen LogP contribution < -0.4 is 10.1 Å². The molecule has 2 aromatic heterocycles. The van der Waals surface area contributed by atoms with Crippen LogP contribution in [0.25, 0.3) is 28.3 Å². The molecule has 8 heteroatoms. The topological polar surface area (TPSA) is 86.4 Å². The first kappa shape index (κ1) is 23.7. The first-order chi connectivity index (χ1) is 17.9. The Balaban J connectivity index is 1.59. The third-order valence-corrected chi connectivity index (χ3v) is 5.63. The number of benzene rings is 3. The van der Waals surface area contributed by atoms with Gasteiger partial charge in [0.2, 0.25) is 5.88 Å². The van der Waals surface area contributed by atoms with Crippen LogP contribution in [0.2, 0.25) is 0 Å². The highest BCUT2D eigenvalue weighted by molar-refractivity contribution is 6.04. The van der Waals surface area contributed by atoms with Gasteiger partial charge in [-0.2, -0.15) is 9.78 Å². The standard InChI is InChI=1S/C29H22FN3O4/c1-18-7-5-8-22(17-18)33-29(37-19(2)34)26(27(32-33)25-11-6-16-36-25)20-12-14-21(15-13-20)31-28(35)23-9-3-4-10-24(23)30/h3-17H,1-2H3,(H,31,35). The molecule has 0 spiro atoms. The van der Waals surface area contributed by atoms with Gasteiger partial charge in [0.1, 0.15) is 11.5 Å². The third kappa shape index (κ3) is 4.90. The largest absolute Gasteiger partial charge is 0.463 e. The van der Waals surface area contributed by atoms with Crippen molar-refractivity contribution in [3.63, 3.8) is 0 Å². The Morgan fingerprint density at radius 1 is 0.973 bits per heavy atom. The van der Waals surface area contributed by atoms with Gasteiger partial charge < -0.3 is 14.5 Å². The zero-order valence-corrected chi connectivity index (χ0v) is 20.1. The predicted molar refractivity (Wildman–Crippen MR) is 137 cm³/mol. The van der Waals surface area contributed by atoms with E-state index >= 15 is 0 Å². The lowest BCUT2D eigenvalue weighted by Gasteiger charge is -2.11. The molecule has 0 saturated heterocycles. The number of hydrogen-bond donors (Lipinski definition) is 1. The minimum atomic E-state index is -0.603. The van der Waals surface area contributed by atoms with Gasteiger partial charge in [-0.05, 0) is 66.6 Å². The highest BCUT2D eigenvalue weighted by Gasteiger charge is 2.26. The average Bonchev–Trinajstić information content (AvgIpc) is 3.53. The summed E-state index contributed by atoms with van der Waals surface area (Å²) in [5, 5.41) is 7.45. The second-order valence-corrected chi connectivity index (χ2v) is 8.36. The molecular formula is C29H22FN3O4. The van der Waals surface area contributed by atoms with Gasteiger partial charge in [0.05, 0.1) is 23.1 Å². The van der Waals surface area contributed by atoms with Crippen molar-refractivity contribution in [1.82, 2.24) is 9.78 Å². The molecule has 0 aliphatic carbocycles. The summed E-state index contributed by atoms with van der Waals surface area (Å²) in [6, 6.07) is 23.8. The van der Waals surface area contributed by atoms with E-state index in [0.29, 0.717) is 34.0 Å². The third-order valence-electron chi connectivity index (χ3n) is 5.63. The molecule has 0 aliphatic heterocycles. The highest BCUT2D eigenvalue weighted by atomic mass is 19.1. The summed E-state index contributed by atoms with van der Waals surface area (Å²) in [5.74, 6) is -0.946. The van der Waals surface area contributed by atoms with Gasteiger partial charge in [-0.15, -0.1) is 0 Å². The number of aromatic nitrogens is 2. The average molecular weight is 496 g/mol. The maximum absolute atomic E-state index is 14.0. The van der Waals surface area contributed by atoms with Crippen LogP contribution in [0.15, 0.2) is 95.6 Å². The molecule has 5 rings (SSSR count). The molecular weight excluding hydrogens is 473 g/mol. The number of anilines is 1. The number of rotatable bonds is 6. The highest BCUT2D eigenvalue weighted by Crippen LogP contribution is 2.41. The molecule has 1 amide bonds. The Hall–Kier alpha value is -4.98. The molecule has 37 heavy (non-hydrogen) atoms. The summed E-state index contributed by atoms with van der Waals surface area (Å²) in [7, 11) is 0. The summed E-state index contributed by atoms with van der Waals surface area (Å²) >= 11 is 0. The number of hydrogen-bond acceptors (Lipinski definition) is 5. The number of carbonyl (C=O) groups excluding carboxylic acids is 2. The summed E-state index contributed by atoms with van der Waals surface area (Å²) < 4.78 is 26.9. The van der Waals surface area contributed by atoms with Gasteiger partial charge in [0, 0.05) is 12.6 Å². The molecule has 184 valence electrons. The van der Waals surface area contributed by atoms with E-state index in [1.165, 1.54) is 31.4 Å². The van der Waals surface area contributed by atoms with Crippen molar-refractivity contribution in [3.05, 3.63) is 108 Å². The van der Waals surface area contributed by atoms with Crippen molar-refractivity contribution in [1.29, 1.82) is 0 Å². The summed E-state index contributed by atoms with van der Waals surface area (Å²) in [5.41, 5.74) is 3.83. The van der Waals surface area contributed by atoms with Crippen LogP contribution in [-0.2, 0) is 4.79 Å². The molecule has 3 aromatic carbocycles. The number of nitrogens with one attached hydrogen (secondary N) is 1. The molecule has 0 radical (unpaired) electrons. The minimum Gasteiger partial charge on any atom is -0.463 e. The zero-order chi connectivity index (χ0) is 25.9. The van der Waals surface area contributed by atoms with E-state index in [9.17, 15) is 14.0 Å². The lowest BCUT2D eigenvalue weighted by Crippen LogP contribution is -2.13. The number of furan rings is 1. The number of carbonyl (C=O) groups is 2. The zero-order valence-electron chi connectivity index (χ0n) is 20.1. The number of halogens is 1. The lowest BCUT2D eigenvalue weighted by atomic mass is 10.0. The van der Waals surface area contributed by atoms with E-state index < -0.39 is 17.7 Å². The molecule has 0 bridgehead atoms. The fourth-order valence-electron chi connectivity index (χ4n) is 3.98. The van der Waals surface area contributed by atoms with Crippen molar-refractivity contribution < 1.29 is 23.1 Å². The van der Waals surface area contributed by atoms with E-state index in [2.05, 4.69) is 5.32 Å². The van der Waals surface area contributed by atoms with Gasteiger partial charge in [0.25, 0.3) is 5.91 Å². The molecule has 7 nitrogen and oxygen atoms in total. The first-order valence-corrected chi connectivity index (χ1v) is 11.5. The van der Waals surface area contributed by atoms with Gasteiger partial charge in [-0.3, -0.25) is 9.59 Å². The normalized spacial score (nSPS) is 10.8. The van der Waals surface area contributed by atoms with Gasteiger partial charge in [-0.25, -0.2) is 4.39 Å². The Morgan fingerprint density at radius 3 is 2.43 bits per heavy atom. The van der Waals surface area contributed by atoms with E-state index in [-0.39, 0.29) is 11.4 Å². The number of amides is 1. The number of aryl methyl sites for hydroxylation is 1. The van der Waals surface area contributed by atoms with Crippen molar-refractivity contribution in [3.8, 4) is 34.1 Å². The second kappa shape index (κ2) is 9.94. The van der Waals surface area contributed by atoms with E-state index in [4.69, 9.17) is 14.3 Å². The van der Waals surface area contributed by atoms with E-state index in [0.717, 1.165) is 5.56 Å². The predicted octanol–water partition coefficient (Wildman–Crippen LogP) is 6.42.